The van der Waals surface area contributed by atoms with E-state index in [1.165, 1.54) is 16.8 Å². The highest BCUT2D eigenvalue weighted by molar-refractivity contribution is 5.93. The third kappa shape index (κ3) is 5.05. The SMILES string of the molecule is NC#Cc1ncccn1.OCCOCCNc1ccc2cc1-2. The lowest BCUT2D eigenvalue weighted by Gasteiger charge is -2.04. The number of aromatic nitrogens is 2. The van der Waals surface area contributed by atoms with Gasteiger partial charge in [0.1, 0.15) is 0 Å². The predicted octanol–water partition coefficient (Wildman–Crippen LogP) is 0.832. The van der Waals surface area contributed by atoms with Gasteiger partial charge in [0.15, 0.2) is 0 Å². The van der Waals surface area contributed by atoms with Crippen LogP contribution in [-0.2, 0) is 4.74 Å². The van der Waals surface area contributed by atoms with Gasteiger partial charge in [-0.2, -0.15) is 0 Å². The first kappa shape index (κ1) is 15.8. The number of aliphatic hydroxyl groups is 1. The molecule has 0 spiro atoms. The Morgan fingerprint density at radius 2 is 2.05 bits per heavy atom. The van der Waals surface area contributed by atoms with Crippen molar-refractivity contribution in [3.8, 4) is 23.1 Å². The van der Waals surface area contributed by atoms with Crippen molar-refractivity contribution in [2.45, 2.75) is 0 Å². The van der Waals surface area contributed by atoms with Crippen molar-refractivity contribution in [2.75, 3.05) is 31.7 Å². The minimum atomic E-state index is 0.0968. The number of hydrogen-bond donors (Lipinski definition) is 3. The molecule has 4 N–H and O–H groups in total. The molecule has 0 bridgehead atoms. The number of ether oxygens (including phenoxy) is 1. The van der Waals surface area contributed by atoms with Gasteiger partial charge in [0.05, 0.1) is 19.8 Å². The van der Waals surface area contributed by atoms with Crippen LogP contribution in [0.3, 0.4) is 0 Å². The number of aliphatic hydroxyl groups excluding tert-OH is 1. The van der Waals surface area contributed by atoms with Gasteiger partial charge in [0, 0.05) is 36.2 Å². The molecule has 0 saturated heterocycles. The van der Waals surface area contributed by atoms with Crippen molar-refractivity contribution >= 4 is 5.69 Å². The molecule has 114 valence electrons. The van der Waals surface area contributed by atoms with Crippen LogP contribution in [0.1, 0.15) is 5.82 Å². The van der Waals surface area contributed by atoms with Gasteiger partial charge in [-0.05, 0) is 29.7 Å². The Balaban J connectivity index is 0.000000172. The van der Waals surface area contributed by atoms with Crippen LogP contribution in [0, 0.1) is 12.0 Å². The highest BCUT2D eigenvalue weighted by Crippen LogP contribution is 2.41. The third-order valence-corrected chi connectivity index (χ3v) is 2.79. The van der Waals surface area contributed by atoms with Crippen molar-refractivity contribution < 1.29 is 9.84 Å². The van der Waals surface area contributed by atoms with Gasteiger partial charge in [-0.3, -0.25) is 0 Å². The second-order valence-electron chi connectivity index (χ2n) is 4.36. The second kappa shape index (κ2) is 8.62. The van der Waals surface area contributed by atoms with Gasteiger partial charge < -0.3 is 20.9 Å². The van der Waals surface area contributed by atoms with E-state index in [1.54, 1.807) is 18.5 Å². The molecule has 3 rings (SSSR count). The molecule has 22 heavy (non-hydrogen) atoms. The highest BCUT2D eigenvalue weighted by Gasteiger charge is 2.16. The monoisotopic (exact) mass is 298 g/mol. The highest BCUT2D eigenvalue weighted by atomic mass is 16.5. The zero-order valence-electron chi connectivity index (χ0n) is 12.1. The summed E-state index contributed by atoms with van der Waals surface area (Å²) in [5.41, 5.74) is 8.80. The standard InChI is InChI=1S/C10H13NO2.C6H5N3/c12-4-6-13-5-3-11-10-2-1-8-7-9(8)10;7-3-2-6-8-4-1-5-9-6/h1-2,7,11-12H,3-6H2;1,4-5H,7H2. The van der Waals surface area contributed by atoms with E-state index in [0.29, 0.717) is 19.0 Å². The van der Waals surface area contributed by atoms with E-state index >= 15 is 0 Å². The third-order valence-electron chi connectivity index (χ3n) is 2.79. The maximum Gasteiger partial charge on any atom is 0.206 e. The Kier molecular flexibility index (Phi) is 6.18. The molecule has 0 aliphatic heterocycles. The maximum atomic E-state index is 8.45. The fourth-order valence-corrected chi connectivity index (χ4v) is 1.76. The first-order chi connectivity index (χ1) is 10.8. The largest absolute Gasteiger partial charge is 0.394 e. The number of nitrogens with one attached hydrogen (secondary N) is 1. The summed E-state index contributed by atoms with van der Waals surface area (Å²) in [6, 6.07) is 10.3. The molecular weight excluding hydrogens is 280 g/mol. The van der Waals surface area contributed by atoms with Crippen LogP contribution < -0.4 is 11.1 Å². The summed E-state index contributed by atoms with van der Waals surface area (Å²) in [5.74, 6) is 2.97. The minimum Gasteiger partial charge on any atom is -0.394 e. The summed E-state index contributed by atoms with van der Waals surface area (Å²) < 4.78 is 5.12. The van der Waals surface area contributed by atoms with Gasteiger partial charge in [-0.1, -0.05) is 6.07 Å². The van der Waals surface area contributed by atoms with Crippen LogP contribution in [0.5, 0.6) is 0 Å². The average Bonchev–Trinajstić information content (AvgIpc) is 3.23. The molecule has 1 heterocycles. The molecule has 0 saturated carbocycles. The molecule has 2 aliphatic rings. The van der Waals surface area contributed by atoms with Gasteiger partial charge in [0.2, 0.25) is 5.82 Å². The molecule has 0 unspecified atom stereocenters. The van der Waals surface area contributed by atoms with Crippen molar-refractivity contribution in [1.82, 2.24) is 9.97 Å². The zero-order chi connectivity index (χ0) is 15.6. The Morgan fingerprint density at radius 1 is 1.23 bits per heavy atom. The number of anilines is 1. The summed E-state index contributed by atoms with van der Waals surface area (Å²) >= 11 is 0. The van der Waals surface area contributed by atoms with Crippen LogP contribution >= 0.6 is 0 Å². The van der Waals surface area contributed by atoms with Gasteiger partial charge in [-0.25, -0.2) is 9.97 Å². The number of nitrogens with two attached hydrogens (primary N) is 1. The molecule has 2 aliphatic carbocycles. The van der Waals surface area contributed by atoms with Crippen molar-refractivity contribution in [1.29, 1.82) is 0 Å². The Bertz CT molecular complexity index is 650. The normalized spacial score (nSPS) is 9.86. The molecule has 1 aromatic heterocycles. The van der Waals surface area contributed by atoms with E-state index in [2.05, 4.69) is 45.4 Å². The summed E-state index contributed by atoms with van der Waals surface area (Å²) in [4.78, 5) is 7.61. The van der Waals surface area contributed by atoms with Crippen LogP contribution in [0.15, 0.2) is 36.7 Å². The molecular formula is C16H18N4O2. The quantitative estimate of drug-likeness (QED) is 0.355. The zero-order valence-corrected chi connectivity index (χ0v) is 12.1. The van der Waals surface area contributed by atoms with Crippen LogP contribution in [0.25, 0.3) is 11.1 Å². The van der Waals surface area contributed by atoms with Crippen LogP contribution in [0.2, 0.25) is 0 Å². The minimum absolute atomic E-state index is 0.0968. The number of rotatable bonds is 6. The lowest BCUT2D eigenvalue weighted by Crippen LogP contribution is -2.10. The van der Waals surface area contributed by atoms with E-state index in [9.17, 15) is 0 Å². The number of hydrogen-bond acceptors (Lipinski definition) is 6. The van der Waals surface area contributed by atoms with Gasteiger partial charge in [0.25, 0.3) is 0 Å². The van der Waals surface area contributed by atoms with Crippen molar-refractivity contribution in [2.24, 2.45) is 5.73 Å². The molecule has 6 heteroatoms. The topological polar surface area (TPSA) is 93.3 Å². The average molecular weight is 298 g/mol. The van der Waals surface area contributed by atoms with Gasteiger partial charge >= 0.3 is 0 Å². The number of benzene rings is 1. The summed E-state index contributed by atoms with van der Waals surface area (Å²) in [7, 11) is 0. The number of fused-ring (bicyclic) bond motifs is 1. The first-order valence-electron chi connectivity index (χ1n) is 6.90. The fraction of sp³-hybridized carbons (Fsp3) is 0.250. The maximum absolute atomic E-state index is 8.45. The molecule has 0 fully saturated rings. The summed E-state index contributed by atoms with van der Waals surface area (Å²) in [5, 5.41) is 11.7. The van der Waals surface area contributed by atoms with E-state index in [0.717, 1.165) is 6.54 Å². The summed E-state index contributed by atoms with van der Waals surface area (Å²) in [6.45, 7) is 1.96. The molecule has 6 nitrogen and oxygen atoms in total. The van der Waals surface area contributed by atoms with Crippen LogP contribution in [0.4, 0.5) is 5.69 Å². The van der Waals surface area contributed by atoms with E-state index < -0.39 is 0 Å². The second-order valence-corrected chi connectivity index (χ2v) is 4.36. The molecule has 0 aromatic carbocycles. The summed E-state index contributed by atoms with van der Waals surface area (Å²) in [6.07, 6.45) is 3.24. The Labute approximate surface area is 129 Å². The fourth-order valence-electron chi connectivity index (χ4n) is 1.76. The Hall–Kier alpha value is -2.62. The smallest absolute Gasteiger partial charge is 0.206 e. The van der Waals surface area contributed by atoms with E-state index in [1.807, 2.05) is 0 Å². The Morgan fingerprint density at radius 3 is 2.64 bits per heavy atom. The van der Waals surface area contributed by atoms with Crippen molar-refractivity contribution in [3.63, 3.8) is 0 Å². The first-order valence-corrected chi connectivity index (χ1v) is 6.90. The lowest BCUT2D eigenvalue weighted by molar-refractivity contribution is 0.0992. The van der Waals surface area contributed by atoms with Crippen LogP contribution in [-0.4, -0.2) is 41.4 Å². The van der Waals surface area contributed by atoms with Gasteiger partial charge in [-0.15, -0.1) is 0 Å². The lowest BCUT2D eigenvalue weighted by atomic mass is 10.4. The van der Waals surface area contributed by atoms with E-state index in [4.69, 9.17) is 15.6 Å². The molecule has 0 radical (unpaired) electrons. The molecule has 0 amide bonds. The predicted molar refractivity (Wildman–Crippen MR) is 84.9 cm³/mol. The van der Waals surface area contributed by atoms with Crippen molar-refractivity contribution in [3.05, 3.63) is 42.5 Å². The molecule has 0 atom stereocenters. The van der Waals surface area contributed by atoms with E-state index in [-0.39, 0.29) is 6.61 Å². The number of nitrogens with zero attached hydrogens (tertiary/aromatic N) is 2. The molecule has 1 aromatic rings.